The maximum Gasteiger partial charge on any atom is 0.251 e. The van der Waals surface area contributed by atoms with Crippen molar-refractivity contribution in [2.24, 2.45) is 0 Å². The molecule has 0 saturated carbocycles. The Morgan fingerprint density at radius 3 is 2.33 bits per heavy atom. The fourth-order valence-electron chi connectivity index (χ4n) is 2.30. The number of hydrogen-bond acceptors (Lipinski definition) is 4. The second kappa shape index (κ2) is 8.45. The lowest BCUT2D eigenvalue weighted by Gasteiger charge is -2.11. The standard InChI is InChI=1S/C18H20ClNO4/c1-22-14-5-7-16(23-2)12(10-14)8-9-20-18(21)13-4-6-17(24-3)15(19)11-13/h4-7,10-11H,8-9H2,1-3H3,(H,20,21). The van der Waals surface area contributed by atoms with Crippen molar-refractivity contribution in [3.63, 3.8) is 0 Å². The molecule has 24 heavy (non-hydrogen) atoms. The minimum absolute atomic E-state index is 0.193. The number of carbonyl (C=O) groups excluding carboxylic acids is 1. The molecule has 128 valence electrons. The molecule has 0 radical (unpaired) electrons. The molecule has 2 aromatic rings. The first kappa shape index (κ1) is 17.9. The van der Waals surface area contributed by atoms with Crippen LogP contribution in [0.4, 0.5) is 0 Å². The molecule has 0 bridgehead atoms. The first-order valence-corrected chi connectivity index (χ1v) is 7.79. The molecule has 0 aliphatic rings. The summed E-state index contributed by atoms with van der Waals surface area (Å²) < 4.78 is 15.6. The number of nitrogens with one attached hydrogen (secondary N) is 1. The summed E-state index contributed by atoms with van der Waals surface area (Å²) in [5, 5.41) is 3.27. The van der Waals surface area contributed by atoms with Crippen molar-refractivity contribution in [3.05, 3.63) is 52.5 Å². The molecule has 5 nitrogen and oxygen atoms in total. The molecule has 0 aliphatic carbocycles. The van der Waals surface area contributed by atoms with Gasteiger partial charge in [-0.05, 0) is 48.4 Å². The van der Waals surface area contributed by atoms with Crippen LogP contribution in [0.5, 0.6) is 17.2 Å². The van der Waals surface area contributed by atoms with E-state index in [1.807, 2.05) is 18.2 Å². The molecule has 0 atom stereocenters. The Balaban J connectivity index is 1.99. The number of carbonyl (C=O) groups is 1. The van der Waals surface area contributed by atoms with Gasteiger partial charge in [0.25, 0.3) is 5.91 Å². The SMILES string of the molecule is COc1ccc(OC)c(CCNC(=O)c2ccc(OC)c(Cl)c2)c1. The number of hydrogen-bond donors (Lipinski definition) is 1. The zero-order chi connectivity index (χ0) is 17.5. The van der Waals surface area contributed by atoms with Crippen LogP contribution in [0.2, 0.25) is 5.02 Å². The Bertz CT molecular complexity index is 718. The minimum Gasteiger partial charge on any atom is -0.497 e. The van der Waals surface area contributed by atoms with Gasteiger partial charge in [0.15, 0.2) is 0 Å². The monoisotopic (exact) mass is 349 g/mol. The van der Waals surface area contributed by atoms with Crippen molar-refractivity contribution in [1.82, 2.24) is 5.32 Å². The third kappa shape index (κ3) is 4.32. The quantitative estimate of drug-likeness (QED) is 0.833. The average molecular weight is 350 g/mol. The lowest BCUT2D eigenvalue weighted by atomic mass is 10.1. The van der Waals surface area contributed by atoms with Gasteiger partial charge in [-0.25, -0.2) is 0 Å². The van der Waals surface area contributed by atoms with E-state index in [0.29, 0.717) is 29.3 Å². The molecule has 1 N–H and O–H groups in total. The predicted octanol–water partition coefficient (Wildman–Crippen LogP) is 3.34. The highest BCUT2D eigenvalue weighted by molar-refractivity contribution is 6.32. The molecular formula is C18H20ClNO4. The van der Waals surface area contributed by atoms with E-state index in [2.05, 4.69) is 5.32 Å². The third-order valence-corrected chi connectivity index (χ3v) is 3.88. The van der Waals surface area contributed by atoms with Gasteiger partial charge in [0, 0.05) is 12.1 Å². The third-order valence-electron chi connectivity index (χ3n) is 3.58. The van der Waals surface area contributed by atoms with Gasteiger partial charge < -0.3 is 19.5 Å². The van der Waals surface area contributed by atoms with E-state index in [0.717, 1.165) is 17.1 Å². The van der Waals surface area contributed by atoms with E-state index in [1.165, 1.54) is 7.11 Å². The molecule has 1 amide bonds. The number of benzene rings is 2. The number of amides is 1. The maximum absolute atomic E-state index is 12.2. The summed E-state index contributed by atoms with van der Waals surface area (Å²) in [5.74, 6) is 1.85. The summed E-state index contributed by atoms with van der Waals surface area (Å²) in [5.41, 5.74) is 1.45. The fraction of sp³-hybridized carbons (Fsp3) is 0.278. The van der Waals surface area contributed by atoms with Crippen LogP contribution in [0.25, 0.3) is 0 Å². The first-order chi connectivity index (χ1) is 11.6. The zero-order valence-electron chi connectivity index (χ0n) is 13.9. The van der Waals surface area contributed by atoms with Gasteiger partial charge in [-0.3, -0.25) is 4.79 Å². The molecule has 0 heterocycles. The van der Waals surface area contributed by atoms with Crippen LogP contribution in [0.3, 0.4) is 0 Å². The van der Waals surface area contributed by atoms with Crippen molar-refractivity contribution in [2.45, 2.75) is 6.42 Å². The minimum atomic E-state index is -0.193. The van der Waals surface area contributed by atoms with E-state index in [9.17, 15) is 4.79 Å². The summed E-state index contributed by atoms with van der Waals surface area (Å²) >= 11 is 6.04. The van der Waals surface area contributed by atoms with E-state index < -0.39 is 0 Å². The van der Waals surface area contributed by atoms with Crippen LogP contribution in [0, 0.1) is 0 Å². The van der Waals surface area contributed by atoms with Crippen molar-refractivity contribution >= 4 is 17.5 Å². The predicted molar refractivity (Wildman–Crippen MR) is 93.6 cm³/mol. The maximum atomic E-state index is 12.2. The Morgan fingerprint density at radius 1 is 1.00 bits per heavy atom. The molecule has 0 aliphatic heterocycles. The van der Waals surface area contributed by atoms with Crippen LogP contribution in [0.15, 0.2) is 36.4 Å². The van der Waals surface area contributed by atoms with E-state index in [1.54, 1.807) is 32.4 Å². The smallest absolute Gasteiger partial charge is 0.251 e. The lowest BCUT2D eigenvalue weighted by molar-refractivity contribution is 0.0954. The zero-order valence-corrected chi connectivity index (χ0v) is 14.6. The van der Waals surface area contributed by atoms with Crippen molar-refractivity contribution in [3.8, 4) is 17.2 Å². The summed E-state index contributed by atoms with van der Waals surface area (Å²) in [7, 11) is 4.76. The van der Waals surface area contributed by atoms with Crippen LogP contribution in [-0.4, -0.2) is 33.8 Å². The number of methoxy groups -OCH3 is 3. The molecule has 2 rings (SSSR count). The fourth-order valence-corrected chi connectivity index (χ4v) is 2.56. The largest absolute Gasteiger partial charge is 0.497 e. The van der Waals surface area contributed by atoms with Crippen molar-refractivity contribution < 1.29 is 19.0 Å². The van der Waals surface area contributed by atoms with Gasteiger partial charge in [0.1, 0.15) is 17.2 Å². The Kier molecular flexibility index (Phi) is 6.32. The van der Waals surface area contributed by atoms with Crippen molar-refractivity contribution in [1.29, 1.82) is 0 Å². The second-order valence-electron chi connectivity index (χ2n) is 5.03. The first-order valence-electron chi connectivity index (χ1n) is 7.41. The molecular weight excluding hydrogens is 330 g/mol. The van der Waals surface area contributed by atoms with Crippen molar-refractivity contribution in [2.75, 3.05) is 27.9 Å². The molecule has 0 spiro atoms. The average Bonchev–Trinajstić information content (AvgIpc) is 2.61. The van der Waals surface area contributed by atoms with E-state index in [4.69, 9.17) is 25.8 Å². The highest BCUT2D eigenvalue weighted by atomic mass is 35.5. The lowest BCUT2D eigenvalue weighted by Crippen LogP contribution is -2.25. The molecule has 0 unspecified atom stereocenters. The molecule has 6 heteroatoms. The number of halogens is 1. The van der Waals surface area contributed by atoms with Gasteiger partial charge in [-0.15, -0.1) is 0 Å². The Hall–Kier alpha value is -2.40. The van der Waals surface area contributed by atoms with Crippen LogP contribution >= 0.6 is 11.6 Å². The van der Waals surface area contributed by atoms with E-state index >= 15 is 0 Å². The summed E-state index contributed by atoms with van der Waals surface area (Å²) in [6.45, 7) is 0.464. The van der Waals surface area contributed by atoms with Crippen LogP contribution in [-0.2, 0) is 6.42 Å². The van der Waals surface area contributed by atoms with Gasteiger partial charge in [-0.1, -0.05) is 11.6 Å². The Morgan fingerprint density at radius 2 is 1.71 bits per heavy atom. The Labute approximate surface area is 146 Å². The molecule has 0 aromatic heterocycles. The van der Waals surface area contributed by atoms with E-state index in [-0.39, 0.29) is 5.91 Å². The summed E-state index contributed by atoms with van der Waals surface area (Å²) in [6.07, 6.45) is 0.621. The summed E-state index contributed by atoms with van der Waals surface area (Å²) in [6, 6.07) is 10.5. The van der Waals surface area contributed by atoms with Gasteiger partial charge >= 0.3 is 0 Å². The van der Waals surface area contributed by atoms with Crippen LogP contribution in [0.1, 0.15) is 15.9 Å². The van der Waals surface area contributed by atoms with Gasteiger partial charge in [0.05, 0.1) is 26.4 Å². The highest BCUT2D eigenvalue weighted by Crippen LogP contribution is 2.25. The molecule has 0 fully saturated rings. The van der Waals surface area contributed by atoms with Gasteiger partial charge in [0.2, 0.25) is 0 Å². The normalized spacial score (nSPS) is 10.2. The second-order valence-corrected chi connectivity index (χ2v) is 5.44. The topological polar surface area (TPSA) is 56.8 Å². The molecule has 0 saturated heterocycles. The number of rotatable bonds is 7. The highest BCUT2D eigenvalue weighted by Gasteiger charge is 2.10. The van der Waals surface area contributed by atoms with Gasteiger partial charge in [-0.2, -0.15) is 0 Å². The summed E-state index contributed by atoms with van der Waals surface area (Å²) in [4.78, 5) is 12.2. The number of ether oxygens (including phenoxy) is 3. The van der Waals surface area contributed by atoms with Crippen LogP contribution < -0.4 is 19.5 Å². The molecule has 2 aromatic carbocycles.